The summed E-state index contributed by atoms with van der Waals surface area (Å²) in [5.74, 6) is -0.222. The third kappa shape index (κ3) is 4.31. The fourth-order valence-electron chi connectivity index (χ4n) is 5.90. The van der Waals surface area contributed by atoms with Crippen molar-refractivity contribution in [3.63, 3.8) is 0 Å². The molecule has 3 atom stereocenters. The Kier molecular flexibility index (Phi) is 5.58. The summed E-state index contributed by atoms with van der Waals surface area (Å²) in [5, 5.41) is 11.3. The number of amides is 1. The number of fused-ring (bicyclic) bond motifs is 1. The molecule has 5 rings (SSSR count). The minimum Gasteiger partial charge on any atom is -0.388 e. The van der Waals surface area contributed by atoms with Gasteiger partial charge in [-0.2, -0.15) is 0 Å². The first kappa shape index (κ1) is 22.8. The van der Waals surface area contributed by atoms with Gasteiger partial charge in [-0.25, -0.2) is 4.39 Å². The second kappa shape index (κ2) is 8.07. The fraction of sp³-hybridized carbons (Fsp3) is 0.654. The summed E-state index contributed by atoms with van der Waals surface area (Å²) in [6, 6.07) is 6.58. The van der Waals surface area contributed by atoms with E-state index in [1.54, 1.807) is 19.9 Å². The van der Waals surface area contributed by atoms with Crippen LogP contribution in [-0.2, 0) is 20.8 Å². The summed E-state index contributed by atoms with van der Waals surface area (Å²) in [6.45, 7) is 8.08. The van der Waals surface area contributed by atoms with Crippen LogP contribution in [0.1, 0.15) is 52.9 Å². The number of nitrogens with zero attached hydrogens (tertiary/aromatic N) is 2. The third-order valence-corrected chi connectivity index (χ3v) is 8.21. The Morgan fingerprint density at radius 1 is 1.24 bits per heavy atom. The van der Waals surface area contributed by atoms with Crippen LogP contribution in [0.5, 0.6) is 0 Å². The molecule has 0 unspecified atom stereocenters. The zero-order valence-electron chi connectivity index (χ0n) is 19.8. The second-order valence-corrected chi connectivity index (χ2v) is 11.1. The van der Waals surface area contributed by atoms with Crippen LogP contribution in [0.2, 0.25) is 0 Å². The molecule has 33 heavy (non-hydrogen) atoms. The van der Waals surface area contributed by atoms with E-state index >= 15 is 0 Å². The normalized spacial score (nSPS) is 29.9. The maximum Gasteiger partial charge on any atom is 0.242 e. The lowest BCUT2D eigenvalue weighted by Crippen LogP contribution is -2.46. The first-order valence-corrected chi connectivity index (χ1v) is 12.1. The van der Waals surface area contributed by atoms with Crippen molar-refractivity contribution < 1.29 is 23.8 Å². The number of ether oxygens (including phenoxy) is 2. The number of benzene rings is 1. The molecule has 3 aliphatic rings. The number of aromatic nitrogens is 1. The van der Waals surface area contributed by atoms with Gasteiger partial charge in [-0.1, -0.05) is 0 Å². The summed E-state index contributed by atoms with van der Waals surface area (Å²) in [5.41, 5.74) is -0.384. The van der Waals surface area contributed by atoms with Gasteiger partial charge in [0, 0.05) is 19.3 Å². The molecule has 180 valence electrons. The first-order valence-electron chi connectivity index (χ1n) is 12.1. The summed E-state index contributed by atoms with van der Waals surface area (Å²) in [7, 11) is 0. The van der Waals surface area contributed by atoms with Crippen LogP contribution in [0.3, 0.4) is 0 Å². The van der Waals surface area contributed by atoms with E-state index < -0.39 is 5.60 Å². The molecule has 1 amide bonds. The Hall–Kier alpha value is -1.96. The molecule has 1 aromatic carbocycles. The predicted molar refractivity (Wildman–Crippen MR) is 123 cm³/mol. The van der Waals surface area contributed by atoms with Crippen molar-refractivity contribution in [3.8, 4) is 0 Å². The van der Waals surface area contributed by atoms with Gasteiger partial charge < -0.3 is 24.0 Å². The highest BCUT2D eigenvalue weighted by molar-refractivity contribution is 5.83. The van der Waals surface area contributed by atoms with Crippen molar-refractivity contribution in [2.75, 3.05) is 19.7 Å². The van der Waals surface area contributed by atoms with Gasteiger partial charge in [0.15, 0.2) is 0 Å². The maximum absolute atomic E-state index is 13.7. The summed E-state index contributed by atoms with van der Waals surface area (Å²) in [4.78, 5) is 14.9. The lowest BCUT2D eigenvalue weighted by atomic mass is 9.74. The zero-order chi connectivity index (χ0) is 23.4. The molecule has 1 aromatic heterocycles. The first-order chi connectivity index (χ1) is 15.6. The quantitative estimate of drug-likeness (QED) is 0.755. The Bertz CT molecular complexity index is 1040. The van der Waals surface area contributed by atoms with Crippen LogP contribution in [0, 0.1) is 11.2 Å². The molecule has 1 spiro atoms. The molecular weight excluding hydrogens is 423 g/mol. The van der Waals surface area contributed by atoms with Crippen molar-refractivity contribution in [1.82, 2.24) is 9.47 Å². The molecule has 0 saturated carbocycles. The Labute approximate surface area is 194 Å². The highest BCUT2D eigenvalue weighted by atomic mass is 19.1. The van der Waals surface area contributed by atoms with E-state index in [1.165, 1.54) is 12.1 Å². The topological polar surface area (TPSA) is 63.9 Å². The number of hydrogen-bond donors (Lipinski definition) is 1. The van der Waals surface area contributed by atoms with E-state index in [0.717, 1.165) is 43.0 Å². The van der Waals surface area contributed by atoms with E-state index in [0.29, 0.717) is 19.7 Å². The fourth-order valence-corrected chi connectivity index (χ4v) is 5.90. The summed E-state index contributed by atoms with van der Waals surface area (Å²) in [6.07, 6.45) is 6.21. The zero-order valence-corrected chi connectivity index (χ0v) is 19.8. The van der Waals surface area contributed by atoms with Crippen molar-refractivity contribution in [1.29, 1.82) is 0 Å². The average molecular weight is 459 g/mol. The maximum atomic E-state index is 13.7. The predicted octanol–water partition coefficient (Wildman–Crippen LogP) is 3.89. The monoisotopic (exact) mass is 458 g/mol. The molecule has 3 fully saturated rings. The highest BCUT2D eigenvalue weighted by Gasteiger charge is 2.53. The molecular formula is C26H35FN2O4. The van der Waals surface area contributed by atoms with Gasteiger partial charge in [0.1, 0.15) is 12.4 Å². The van der Waals surface area contributed by atoms with Crippen molar-refractivity contribution in [3.05, 3.63) is 36.3 Å². The van der Waals surface area contributed by atoms with Crippen LogP contribution < -0.4 is 0 Å². The molecule has 0 aliphatic carbocycles. The number of rotatable bonds is 4. The van der Waals surface area contributed by atoms with Gasteiger partial charge in [0.05, 0.1) is 35.5 Å². The van der Waals surface area contributed by atoms with E-state index in [9.17, 15) is 14.3 Å². The molecule has 3 saturated heterocycles. The standard InChI is InChI=1S/C26H35FN2O4/c1-24(2,31)21-6-8-25(3,33-21)22-15-26(17-32-22)9-12-28(13-10-26)23(30)16-29-11-7-18-4-5-19(27)14-20(18)29/h4-5,7,11,14,21-22,31H,6,8-10,12-13,15-17H2,1-3H3/t21-,22-,25+/m0/s1. The van der Waals surface area contributed by atoms with Gasteiger partial charge >= 0.3 is 0 Å². The molecule has 1 N–H and O–H groups in total. The van der Waals surface area contributed by atoms with Crippen LogP contribution in [0.15, 0.2) is 30.5 Å². The SMILES string of the molecule is CC(C)(O)[C@@H]1CC[C@](C)([C@@H]2CC3(CCN(C(=O)Cn4ccc5ccc(F)cc54)CC3)CO2)O1. The van der Waals surface area contributed by atoms with Gasteiger partial charge in [-0.15, -0.1) is 0 Å². The third-order valence-electron chi connectivity index (χ3n) is 8.21. The van der Waals surface area contributed by atoms with E-state index in [1.807, 2.05) is 21.7 Å². The Balaban J connectivity index is 1.18. The van der Waals surface area contributed by atoms with Crippen molar-refractivity contribution in [2.45, 2.75) is 82.8 Å². The minimum absolute atomic E-state index is 0.0215. The van der Waals surface area contributed by atoms with Gasteiger partial charge in [0.25, 0.3) is 0 Å². The van der Waals surface area contributed by atoms with E-state index in [4.69, 9.17) is 9.47 Å². The van der Waals surface area contributed by atoms with Crippen LogP contribution in [-0.4, -0.2) is 63.6 Å². The lowest BCUT2D eigenvalue weighted by Gasteiger charge is -2.39. The van der Waals surface area contributed by atoms with Gasteiger partial charge in [0.2, 0.25) is 5.91 Å². The number of carbonyl (C=O) groups is 1. The molecule has 2 aromatic rings. The smallest absolute Gasteiger partial charge is 0.242 e. The van der Waals surface area contributed by atoms with Crippen LogP contribution in [0.4, 0.5) is 4.39 Å². The summed E-state index contributed by atoms with van der Waals surface area (Å²) < 4.78 is 28.1. The average Bonchev–Trinajstić information content (AvgIpc) is 3.47. The number of carbonyl (C=O) groups excluding carboxylic acids is 1. The van der Waals surface area contributed by atoms with E-state index in [2.05, 4.69) is 6.92 Å². The molecule has 4 heterocycles. The number of aliphatic hydroxyl groups is 1. The number of likely N-dealkylation sites (tertiary alicyclic amines) is 1. The van der Waals surface area contributed by atoms with Gasteiger partial charge in [-0.3, -0.25) is 4.79 Å². The van der Waals surface area contributed by atoms with Crippen LogP contribution >= 0.6 is 0 Å². The minimum atomic E-state index is -0.851. The van der Waals surface area contributed by atoms with Crippen molar-refractivity contribution in [2.24, 2.45) is 5.41 Å². The highest BCUT2D eigenvalue weighted by Crippen LogP contribution is 2.49. The van der Waals surface area contributed by atoms with Crippen LogP contribution in [0.25, 0.3) is 10.9 Å². The van der Waals surface area contributed by atoms with Crippen molar-refractivity contribution >= 4 is 16.8 Å². The Morgan fingerprint density at radius 2 is 2.00 bits per heavy atom. The van der Waals surface area contributed by atoms with Gasteiger partial charge in [-0.05, 0) is 87.9 Å². The molecule has 6 nitrogen and oxygen atoms in total. The van der Waals surface area contributed by atoms with E-state index in [-0.39, 0.29) is 41.5 Å². The number of hydrogen-bond acceptors (Lipinski definition) is 4. The molecule has 0 bridgehead atoms. The second-order valence-electron chi connectivity index (χ2n) is 11.1. The molecule has 0 radical (unpaired) electrons. The number of halogens is 1. The summed E-state index contributed by atoms with van der Waals surface area (Å²) >= 11 is 0. The Morgan fingerprint density at radius 3 is 2.70 bits per heavy atom. The molecule has 3 aliphatic heterocycles. The lowest BCUT2D eigenvalue weighted by molar-refractivity contribution is -0.155. The largest absolute Gasteiger partial charge is 0.388 e. The number of piperidine rings is 1. The molecule has 7 heteroatoms.